The SMILES string of the molecule is Cn1cnc(C=C(C(=O)Nc2ccccc2Cl)C(=O)Nc2ccccc2Cl)c1. The van der Waals surface area contributed by atoms with E-state index in [1.807, 2.05) is 0 Å². The Hall–Kier alpha value is -3.09. The Bertz CT molecular complexity index is 998. The van der Waals surface area contributed by atoms with Crippen LogP contribution < -0.4 is 10.6 Å². The lowest BCUT2D eigenvalue weighted by Gasteiger charge is -2.11. The summed E-state index contributed by atoms with van der Waals surface area (Å²) in [6.45, 7) is 0. The molecule has 0 saturated heterocycles. The molecule has 0 radical (unpaired) electrons. The second-order valence-corrected chi connectivity index (χ2v) is 6.70. The fraction of sp³-hybridized carbons (Fsp3) is 0.0500. The van der Waals surface area contributed by atoms with Crippen LogP contribution >= 0.6 is 23.2 Å². The summed E-state index contributed by atoms with van der Waals surface area (Å²) in [5.41, 5.74) is 1.11. The van der Waals surface area contributed by atoms with E-state index in [2.05, 4.69) is 15.6 Å². The van der Waals surface area contributed by atoms with Crippen molar-refractivity contribution in [3.8, 4) is 0 Å². The van der Waals surface area contributed by atoms with Crippen molar-refractivity contribution in [3.63, 3.8) is 0 Å². The van der Waals surface area contributed by atoms with Gasteiger partial charge in [0.25, 0.3) is 11.8 Å². The summed E-state index contributed by atoms with van der Waals surface area (Å²) >= 11 is 12.2. The van der Waals surface area contributed by atoms with E-state index < -0.39 is 11.8 Å². The van der Waals surface area contributed by atoms with Crippen LogP contribution in [0.4, 0.5) is 11.4 Å². The molecule has 2 N–H and O–H groups in total. The number of carbonyl (C=O) groups is 2. The van der Waals surface area contributed by atoms with Gasteiger partial charge >= 0.3 is 0 Å². The van der Waals surface area contributed by atoms with Crippen LogP contribution in [0, 0.1) is 0 Å². The molecular weight excluding hydrogens is 399 g/mol. The van der Waals surface area contributed by atoms with Gasteiger partial charge in [-0.05, 0) is 30.3 Å². The quantitative estimate of drug-likeness (QED) is 0.369. The number of hydrogen-bond donors (Lipinski definition) is 2. The molecule has 2 aromatic carbocycles. The number of nitrogens with one attached hydrogen (secondary N) is 2. The number of aromatic nitrogens is 2. The number of hydrogen-bond acceptors (Lipinski definition) is 3. The number of aryl methyl sites for hydroxylation is 1. The Morgan fingerprint density at radius 1 is 0.929 bits per heavy atom. The number of anilines is 2. The highest BCUT2D eigenvalue weighted by molar-refractivity contribution is 6.36. The highest BCUT2D eigenvalue weighted by atomic mass is 35.5. The van der Waals surface area contributed by atoms with Crippen molar-refractivity contribution in [1.29, 1.82) is 0 Å². The molecule has 2 amide bonds. The van der Waals surface area contributed by atoms with Crippen LogP contribution in [0.2, 0.25) is 10.0 Å². The van der Waals surface area contributed by atoms with Crippen molar-refractivity contribution in [2.45, 2.75) is 0 Å². The summed E-state index contributed by atoms with van der Waals surface area (Å²) in [5.74, 6) is -1.24. The summed E-state index contributed by atoms with van der Waals surface area (Å²) in [6, 6.07) is 13.5. The Labute approximate surface area is 171 Å². The molecule has 0 atom stereocenters. The van der Waals surface area contributed by atoms with E-state index in [1.165, 1.54) is 6.08 Å². The molecule has 0 aliphatic carbocycles. The molecule has 142 valence electrons. The maximum Gasteiger partial charge on any atom is 0.261 e. The van der Waals surface area contributed by atoms with E-state index in [1.54, 1.807) is 72.7 Å². The van der Waals surface area contributed by atoms with E-state index in [9.17, 15) is 9.59 Å². The molecular formula is C20H16Cl2N4O2. The molecule has 6 nitrogen and oxygen atoms in total. The first-order valence-electron chi connectivity index (χ1n) is 8.25. The lowest BCUT2D eigenvalue weighted by Crippen LogP contribution is -2.25. The Balaban J connectivity index is 1.92. The molecule has 3 aromatic rings. The van der Waals surface area contributed by atoms with Gasteiger partial charge in [-0.25, -0.2) is 4.98 Å². The van der Waals surface area contributed by atoms with Gasteiger partial charge in [0.2, 0.25) is 0 Å². The average molecular weight is 415 g/mol. The van der Waals surface area contributed by atoms with E-state index in [0.29, 0.717) is 27.1 Å². The highest BCUT2D eigenvalue weighted by Crippen LogP contribution is 2.23. The number of para-hydroxylation sites is 2. The standard InChI is InChI=1S/C20H16Cl2N4O2/c1-26-11-13(23-12-26)10-14(19(27)24-17-8-4-2-6-15(17)21)20(28)25-18-9-5-3-7-16(18)22/h2-12H,1H3,(H,24,27)(H,25,28). The highest BCUT2D eigenvalue weighted by Gasteiger charge is 2.21. The minimum Gasteiger partial charge on any atom is -0.340 e. The summed E-state index contributed by atoms with van der Waals surface area (Å²) < 4.78 is 1.71. The molecule has 3 rings (SSSR count). The number of amides is 2. The van der Waals surface area contributed by atoms with Crippen LogP contribution in [-0.4, -0.2) is 21.4 Å². The number of halogens is 2. The normalized spacial score (nSPS) is 10.2. The van der Waals surface area contributed by atoms with Crippen molar-refractivity contribution in [2.75, 3.05) is 10.6 Å². The number of rotatable bonds is 5. The fourth-order valence-corrected chi connectivity index (χ4v) is 2.76. The molecule has 8 heteroatoms. The number of carbonyl (C=O) groups excluding carboxylic acids is 2. The summed E-state index contributed by atoms with van der Waals surface area (Å²) in [4.78, 5) is 29.8. The number of benzene rings is 2. The Morgan fingerprint density at radius 2 is 1.43 bits per heavy atom. The predicted octanol–water partition coefficient (Wildman–Crippen LogP) is 4.39. The van der Waals surface area contributed by atoms with Crippen molar-refractivity contribution < 1.29 is 9.59 Å². The van der Waals surface area contributed by atoms with Gasteiger partial charge in [0, 0.05) is 13.2 Å². The number of nitrogens with zero attached hydrogens (tertiary/aromatic N) is 2. The summed E-state index contributed by atoms with van der Waals surface area (Å²) in [6.07, 6.45) is 4.66. The predicted molar refractivity (Wildman–Crippen MR) is 111 cm³/mol. The van der Waals surface area contributed by atoms with Crippen LogP contribution in [0.15, 0.2) is 66.6 Å². The third-order valence-electron chi connectivity index (χ3n) is 3.75. The third kappa shape index (κ3) is 4.79. The van der Waals surface area contributed by atoms with Crippen LogP contribution in [0.5, 0.6) is 0 Å². The topological polar surface area (TPSA) is 76.0 Å². The zero-order valence-corrected chi connectivity index (χ0v) is 16.3. The average Bonchev–Trinajstić information content (AvgIpc) is 3.08. The van der Waals surface area contributed by atoms with Crippen LogP contribution in [0.1, 0.15) is 5.69 Å². The zero-order valence-electron chi connectivity index (χ0n) is 14.8. The van der Waals surface area contributed by atoms with Crippen molar-refractivity contribution in [3.05, 3.63) is 82.4 Å². The monoisotopic (exact) mass is 414 g/mol. The molecule has 0 spiro atoms. The van der Waals surface area contributed by atoms with Gasteiger partial charge < -0.3 is 15.2 Å². The van der Waals surface area contributed by atoms with Crippen LogP contribution in [0.25, 0.3) is 6.08 Å². The lowest BCUT2D eigenvalue weighted by molar-refractivity contribution is -0.118. The van der Waals surface area contributed by atoms with Gasteiger partial charge in [-0.15, -0.1) is 0 Å². The first-order chi connectivity index (χ1) is 13.4. The maximum absolute atomic E-state index is 12.8. The van der Waals surface area contributed by atoms with Crippen molar-refractivity contribution >= 4 is 52.5 Å². The van der Waals surface area contributed by atoms with E-state index in [4.69, 9.17) is 23.2 Å². The van der Waals surface area contributed by atoms with Crippen LogP contribution in [0.3, 0.4) is 0 Å². The van der Waals surface area contributed by atoms with Crippen LogP contribution in [-0.2, 0) is 16.6 Å². The first kappa shape index (κ1) is 19.7. The molecule has 0 bridgehead atoms. The van der Waals surface area contributed by atoms with Gasteiger partial charge in [-0.2, -0.15) is 0 Å². The lowest BCUT2D eigenvalue weighted by atomic mass is 10.1. The smallest absolute Gasteiger partial charge is 0.261 e. The van der Waals surface area contributed by atoms with Crippen molar-refractivity contribution in [2.24, 2.45) is 7.05 Å². The second kappa shape index (κ2) is 8.73. The molecule has 1 heterocycles. The molecule has 0 unspecified atom stereocenters. The van der Waals surface area contributed by atoms with Gasteiger partial charge in [-0.3, -0.25) is 9.59 Å². The molecule has 28 heavy (non-hydrogen) atoms. The van der Waals surface area contributed by atoms with Gasteiger partial charge in [-0.1, -0.05) is 47.5 Å². The number of imidazole rings is 1. The molecule has 0 aliphatic heterocycles. The third-order valence-corrected chi connectivity index (χ3v) is 4.41. The molecule has 0 fully saturated rings. The van der Waals surface area contributed by atoms with E-state index in [0.717, 1.165) is 0 Å². The van der Waals surface area contributed by atoms with Crippen molar-refractivity contribution in [1.82, 2.24) is 9.55 Å². The van der Waals surface area contributed by atoms with Gasteiger partial charge in [0.05, 0.1) is 33.4 Å². The Kier molecular flexibility index (Phi) is 6.13. The summed E-state index contributed by atoms with van der Waals surface area (Å²) in [5, 5.41) is 6.02. The minimum atomic E-state index is -0.622. The van der Waals surface area contributed by atoms with Gasteiger partial charge in [0.1, 0.15) is 5.57 Å². The molecule has 0 aliphatic rings. The molecule has 1 aromatic heterocycles. The Morgan fingerprint density at radius 3 is 1.86 bits per heavy atom. The van der Waals surface area contributed by atoms with E-state index >= 15 is 0 Å². The maximum atomic E-state index is 12.8. The fourth-order valence-electron chi connectivity index (χ4n) is 2.39. The zero-order chi connectivity index (χ0) is 20.1. The first-order valence-corrected chi connectivity index (χ1v) is 9.01. The van der Waals surface area contributed by atoms with E-state index in [-0.39, 0.29) is 5.57 Å². The summed E-state index contributed by atoms with van der Waals surface area (Å²) in [7, 11) is 1.79. The minimum absolute atomic E-state index is 0.140. The largest absolute Gasteiger partial charge is 0.340 e. The van der Waals surface area contributed by atoms with Gasteiger partial charge in [0.15, 0.2) is 0 Å². The second-order valence-electron chi connectivity index (χ2n) is 5.89. The molecule has 0 saturated carbocycles.